The van der Waals surface area contributed by atoms with Crippen LogP contribution in [0.2, 0.25) is 0 Å². The molecule has 0 unspecified atom stereocenters. The Labute approximate surface area is 143 Å². The van der Waals surface area contributed by atoms with Crippen molar-refractivity contribution in [1.82, 2.24) is 14.9 Å². The second-order valence-corrected chi connectivity index (χ2v) is 6.34. The SMILES string of the molecule is COc1ccc(C[C@H]2CCN([C@@H](C)c3cccc(OC)n3)C2)cn1. The molecule has 128 valence electrons. The summed E-state index contributed by atoms with van der Waals surface area (Å²) in [6, 6.07) is 10.3. The lowest BCUT2D eigenvalue weighted by Crippen LogP contribution is -2.25. The number of pyridine rings is 2. The second kappa shape index (κ2) is 7.62. The normalized spacial score (nSPS) is 19.2. The Morgan fingerprint density at radius 3 is 2.71 bits per heavy atom. The molecule has 0 amide bonds. The zero-order valence-corrected chi connectivity index (χ0v) is 14.6. The predicted molar refractivity (Wildman–Crippen MR) is 93.4 cm³/mol. The first kappa shape index (κ1) is 16.7. The van der Waals surface area contributed by atoms with Gasteiger partial charge in [0.05, 0.1) is 19.9 Å². The fraction of sp³-hybridized carbons (Fsp3) is 0.474. The number of ether oxygens (including phenoxy) is 2. The van der Waals surface area contributed by atoms with E-state index in [2.05, 4.69) is 33.9 Å². The minimum Gasteiger partial charge on any atom is -0.481 e. The van der Waals surface area contributed by atoms with Gasteiger partial charge in [-0.25, -0.2) is 9.97 Å². The Kier molecular flexibility index (Phi) is 5.30. The van der Waals surface area contributed by atoms with Crippen LogP contribution in [-0.4, -0.2) is 42.2 Å². The highest BCUT2D eigenvalue weighted by molar-refractivity contribution is 5.20. The number of hydrogen-bond acceptors (Lipinski definition) is 5. The van der Waals surface area contributed by atoms with Gasteiger partial charge in [0.15, 0.2) is 0 Å². The van der Waals surface area contributed by atoms with E-state index in [1.54, 1.807) is 14.2 Å². The Hall–Kier alpha value is -2.14. The van der Waals surface area contributed by atoms with Crippen LogP contribution in [0.4, 0.5) is 0 Å². The number of likely N-dealkylation sites (tertiary alicyclic amines) is 1. The molecule has 2 atom stereocenters. The van der Waals surface area contributed by atoms with Gasteiger partial charge in [-0.2, -0.15) is 0 Å². The molecule has 0 spiro atoms. The number of hydrogen-bond donors (Lipinski definition) is 0. The predicted octanol–water partition coefficient (Wildman–Crippen LogP) is 3.12. The summed E-state index contributed by atoms with van der Waals surface area (Å²) in [5, 5.41) is 0. The summed E-state index contributed by atoms with van der Waals surface area (Å²) < 4.78 is 10.4. The molecule has 1 aliphatic rings. The molecule has 2 aromatic rings. The number of nitrogens with zero attached hydrogens (tertiary/aromatic N) is 3. The molecule has 0 N–H and O–H groups in total. The summed E-state index contributed by atoms with van der Waals surface area (Å²) in [5.41, 5.74) is 2.34. The lowest BCUT2D eigenvalue weighted by Gasteiger charge is -2.24. The molecule has 0 aliphatic carbocycles. The highest BCUT2D eigenvalue weighted by Gasteiger charge is 2.27. The Morgan fingerprint density at radius 1 is 1.17 bits per heavy atom. The van der Waals surface area contributed by atoms with Gasteiger partial charge in [-0.1, -0.05) is 12.1 Å². The lowest BCUT2D eigenvalue weighted by molar-refractivity contribution is 0.246. The summed E-state index contributed by atoms with van der Waals surface area (Å²) in [6.07, 6.45) is 4.20. The average Bonchev–Trinajstić information content (AvgIpc) is 3.10. The van der Waals surface area contributed by atoms with E-state index in [0.717, 1.165) is 25.2 Å². The Bertz CT molecular complexity index is 660. The van der Waals surface area contributed by atoms with Crippen molar-refractivity contribution in [1.29, 1.82) is 0 Å². The summed E-state index contributed by atoms with van der Waals surface area (Å²) >= 11 is 0. The zero-order valence-electron chi connectivity index (χ0n) is 14.6. The smallest absolute Gasteiger partial charge is 0.213 e. The van der Waals surface area contributed by atoms with E-state index in [1.165, 1.54) is 12.0 Å². The van der Waals surface area contributed by atoms with Gasteiger partial charge in [0.2, 0.25) is 11.8 Å². The van der Waals surface area contributed by atoms with Crippen LogP contribution in [0.15, 0.2) is 36.5 Å². The molecular formula is C19H25N3O2. The van der Waals surface area contributed by atoms with Crippen molar-refractivity contribution in [2.75, 3.05) is 27.3 Å². The van der Waals surface area contributed by atoms with Gasteiger partial charge in [-0.15, -0.1) is 0 Å². The van der Waals surface area contributed by atoms with Crippen molar-refractivity contribution < 1.29 is 9.47 Å². The maximum Gasteiger partial charge on any atom is 0.213 e. The van der Waals surface area contributed by atoms with Crippen molar-refractivity contribution >= 4 is 0 Å². The van der Waals surface area contributed by atoms with E-state index < -0.39 is 0 Å². The van der Waals surface area contributed by atoms with E-state index >= 15 is 0 Å². The van der Waals surface area contributed by atoms with Crippen LogP contribution >= 0.6 is 0 Å². The molecule has 0 bridgehead atoms. The number of rotatable bonds is 6. The van der Waals surface area contributed by atoms with Gasteiger partial charge in [0.25, 0.3) is 0 Å². The van der Waals surface area contributed by atoms with Crippen LogP contribution in [0.5, 0.6) is 11.8 Å². The van der Waals surface area contributed by atoms with Gasteiger partial charge in [0.1, 0.15) is 0 Å². The van der Waals surface area contributed by atoms with Gasteiger partial charge < -0.3 is 9.47 Å². The molecule has 5 heteroatoms. The van der Waals surface area contributed by atoms with Crippen molar-refractivity contribution in [2.24, 2.45) is 5.92 Å². The maximum atomic E-state index is 5.24. The van der Waals surface area contributed by atoms with E-state index in [9.17, 15) is 0 Å². The highest BCUT2D eigenvalue weighted by atomic mass is 16.5. The van der Waals surface area contributed by atoms with Crippen LogP contribution in [-0.2, 0) is 6.42 Å². The third-order valence-corrected chi connectivity index (χ3v) is 4.78. The first-order valence-electron chi connectivity index (χ1n) is 8.43. The summed E-state index contributed by atoms with van der Waals surface area (Å²) in [4.78, 5) is 11.4. The van der Waals surface area contributed by atoms with Gasteiger partial charge in [-0.3, -0.25) is 4.90 Å². The maximum absolute atomic E-state index is 5.24. The summed E-state index contributed by atoms with van der Waals surface area (Å²) in [5.74, 6) is 2.01. The van der Waals surface area contributed by atoms with E-state index in [1.807, 2.05) is 24.4 Å². The molecule has 1 saturated heterocycles. The molecule has 1 fully saturated rings. The van der Waals surface area contributed by atoms with Gasteiger partial charge in [-0.05, 0) is 43.9 Å². The van der Waals surface area contributed by atoms with Gasteiger partial charge >= 0.3 is 0 Å². The molecule has 2 aromatic heterocycles. The van der Waals surface area contributed by atoms with Crippen LogP contribution in [0.3, 0.4) is 0 Å². The minimum atomic E-state index is 0.305. The van der Waals surface area contributed by atoms with Crippen molar-refractivity contribution in [2.45, 2.75) is 25.8 Å². The highest BCUT2D eigenvalue weighted by Crippen LogP contribution is 2.29. The third-order valence-electron chi connectivity index (χ3n) is 4.78. The van der Waals surface area contributed by atoms with Crippen LogP contribution < -0.4 is 9.47 Å². The minimum absolute atomic E-state index is 0.305. The second-order valence-electron chi connectivity index (χ2n) is 6.34. The monoisotopic (exact) mass is 327 g/mol. The van der Waals surface area contributed by atoms with Crippen LogP contribution in [0.25, 0.3) is 0 Å². The van der Waals surface area contributed by atoms with Crippen LogP contribution in [0, 0.1) is 5.92 Å². The summed E-state index contributed by atoms with van der Waals surface area (Å²) in [6.45, 7) is 4.42. The zero-order chi connectivity index (χ0) is 16.9. The molecule has 0 saturated carbocycles. The molecular weight excluding hydrogens is 302 g/mol. The number of methoxy groups -OCH3 is 2. The molecule has 1 aliphatic heterocycles. The standard InChI is InChI=1S/C19H25N3O2/c1-14(17-5-4-6-19(21-17)24-3)22-10-9-16(13-22)11-15-7-8-18(23-2)20-12-15/h4-8,12,14,16H,9-11,13H2,1-3H3/t14-,16+/m0/s1. The Balaban J connectivity index is 1.59. The van der Waals surface area contributed by atoms with Crippen LogP contribution in [0.1, 0.15) is 30.6 Å². The fourth-order valence-electron chi connectivity index (χ4n) is 3.33. The van der Waals surface area contributed by atoms with Crippen molar-refractivity contribution in [3.8, 4) is 11.8 Å². The third kappa shape index (κ3) is 3.85. The molecule has 0 radical (unpaired) electrons. The fourth-order valence-corrected chi connectivity index (χ4v) is 3.33. The van der Waals surface area contributed by atoms with Gasteiger partial charge in [0, 0.05) is 30.9 Å². The topological polar surface area (TPSA) is 47.5 Å². The van der Waals surface area contributed by atoms with Crippen molar-refractivity contribution in [3.63, 3.8) is 0 Å². The first-order valence-corrected chi connectivity index (χ1v) is 8.43. The lowest BCUT2D eigenvalue weighted by atomic mass is 10.00. The quantitative estimate of drug-likeness (QED) is 0.816. The molecule has 5 nitrogen and oxygen atoms in total. The molecule has 3 heterocycles. The summed E-state index contributed by atoms with van der Waals surface area (Å²) in [7, 11) is 3.30. The average molecular weight is 327 g/mol. The van der Waals surface area contributed by atoms with E-state index in [-0.39, 0.29) is 0 Å². The largest absolute Gasteiger partial charge is 0.481 e. The van der Waals surface area contributed by atoms with E-state index in [4.69, 9.17) is 9.47 Å². The number of aromatic nitrogens is 2. The Morgan fingerprint density at radius 2 is 2.00 bits per heavy atom. The van der Waals surface area contributed by atoms with E-state index in [0.29, 0.717) is 23.7 Å². The molecule has 3 rings (SSSR count). The first-order chi connectivity index (χ1) is 11.7. The molecule has 24 heavy (non-hydrogen) atoms. The molecule has 0 aromatic carbocycles. The van der Waals surface area contributed by atoms with Crippen molar-refractivity contribution in [3.05, 3.63) is 47.8 Å².